The van der Waals surface area contributed by atoms with E-state index in [0.29, 0.717) is 43.3 Å². The quantitative estimate of drug-likeness (QED) is 0.299. The third-order valence-electron chi connectivity index (χ3n) is 7.45. The molecular weight excluding hydrogens is 621 g/mol. The van der Waals surface area contributed by atoms with Crippen molar-refractivity contribution in [3.8, 4) is 23.3 Å². The average molecular weight is 652 g/mol. The van der Waals surface area contributed by atoms with Crippen molar-refractivity contribution in [3.63, 3.8) is 0 Å². The molecule has 1 aliphatic heterocycles. The number of aromatic nitrogens is 4. The van der Waals surface area contributed by atoms with Crippen LogP contribution in [0, 0.1) is 17.1 Å². The molecule has 2 N–H and O–H groups in total. The average Bonchev–Trinajstić information content (AvgIpc) is 3.02. The molecule has 0 atom stereocenters. The maximum atomic E-state index is 15.0. The molecule has 2 aromatic carbocycles. The van der Waals surface area contributed by atoms with Gasteiger partial charge in [-0.25, -0.2) is 24.1 Å². The number of hydrogen-bond acceptors (Lipinski definition) is 10. The number of carboxylic acid groups (broad SMARTS) is 1. The first-order valence-electron chi connectivity index (χ1n) is 13.9. The summed E-state index contributed by atoms with van der Waals surface area (Å²) < 4.78 is 51.2. The van der Waals surface area contributed by atoms with Gasteiger partial charge in [0.1, 0.15) is 23.7 Å². The van der Waals surface area contributed by atoms with Gasteiger partial charge in [-0.3, -0.25) is 14.1 Å². The van der Waals surface area contributed by atoms with Crippen molar-refractivity contribution in [1.82, 2.24) is 28.7 Å². The highest BCUT2D eigenvalue weighted by atomic mass is 32.2. The fourth-order valence-corrected chi connectivity index (χ4v) is 5.89. The summed E-state index contributed by atoms with van der Waals surface area (Å²) in [6.45, 7) is 6.53. The summed E-state index contributed by atoms with van der Waals surface area (Å²) in [6.07, 6.45) is 3.22. The zero-order valence-corrected chi connectivity index (χ0v) is 26.1. The van der Waals surface area contributed by atoms with Crippen LogP contribution >= 0.6 is 0 Å². The molecule has 46 heavy (non-hydrogen) atoms. The Balaban J connectivity index is 1.42. The number of benzene rings is 2. The first-order valence-corrected chi connectivity index (χ1v) is 15.4. The van der Waals surface area contributed by atoms with Gasteiger partial charge in [-0.2, -0.15) is 18.0 Å². The van der Waals surface area contributed by atoms with E-state index >= 15 is 0 Å². The van der Waals surface area contributed by atoms with Gasteiger partial charge in [0, 0.05) is 38.8 Å². The Bertz CT molecular complexity index is 2020. The highest BCUT2D eigenvalue weighted by Gasteiger charge is 2.30. The third kappa shape index (κ3) is 6.39. The topological polar surface area (TPSA) is 187 Å². The van der Waals surface area contributed by atoms with E-state index in [4.69, 9.17) is 9.84 Å². The van der Waals surface area contributed by atoms with E-state index in [0.717, 1.165) is 16.4 Å². The van der Waals surface area contributed by atoms with Crippen molar-refractivity contribution in [2.45, 2.75) is 26.3 Å². The number of fused-ring (bicyclic) bond motifs is 1. The number of nitrogens with zero attached hydrogens (tertiary/aromatic N) is 8. The van der Waals surface area contributed by atoms with Crippen LogP contribution in [0.15, 0.2) is 53.8 Å². The molecule has 240 valence electrons. The fraction of sp³-hybridized carbons (Fsp3) is 0.310. The van der Waals surface area contributed by atoms with Crippen molar-refractivity contribution in [3.05, 3.63) is 70.8 Å². The van der Waals surface area contributed by atoms with E-state index in [-0.39, 0.29) is 16.8 Å². The zero-order chi connectivity index (χ0) is 33.4. The number of hydrogen-bond donors (Lipinski definition) is 2. The van der Waals surface area contributed by atoms with Crippen molar-refractivity contribution in [1.29, 1.82) is 5.26 Å². The molecule has 0 saturated carbocycles. The number of carbonyl (C=O) groups is 1. The minimum Gasteiger partial charge on any atom is -0.465 e. The minimum absolute atomic E-state index is 0.00142. The summed E-state index contributed by atoms with van der Waals surface area (Å²) in [5.41, 5.74) is -1.23. The van der Waals surface area contributed by atoms with Crippen LogP contribution in [0.3, 0.4) is 0 Å². The summed E-state index contributed by atoms with van der Waals surface area (Å²) in [5.74, 6) is -1.07. The van der Waals surface area contributed by atoms with Crippen LogP contribution in [0.1, 0.15) is 26.3 Å². The van der Waals surface area contributed by atoms with E-state index in [1.54, 1.807) is 26.8 Å². The van der Waals surface area contributed by atoms with Gasteiger partial charge in [-0.15, -0.1) is 0 Å². The van der Waals surface area contributed by atoms with E-state index in [1.165, 1.54) is 53.4 Å². The first-order chi connectivity index (χ1) is 21.7. The predicted octanol–water partition coefficient (Wildman–Crippen LogP) is 3.17. The molecule has 0 spiro atoms. The fourth-order valence-electron chi connectivity index (χ4n) is 4.59. The van der Waals surface area contributed by atoms with Crippen molar-refractivity contribution in [2.24, 2.45) is 0 Å². The van der Waals surface area contributed by atoms with Crippen molar-refractivity contribution in [2.75, 3.05) is 42.8 Å². The number of amides is 1. The Labute approximate surface area is 263 Å². The molecule has 0 radical (unpaired) electrons. The summed E-state index contributed by atoms with van der Waals surface area (Å²) in [7, 11) is -2.75. The molecule has 4 aromatic rings. The first kappa shape index (κ1) is 32.1. The second-order valence-corrected chi connectivity index (χ2v) is 13.1. The van der Waals surface area contributed by atoms with Gasteiger partial charge in [0.05, 0.1) is 34.7 Å². The van der Waals surface area contributed by atoms with Gasteiger partial charge in [-0.1, -0.05) is 0 Å². The lowest BCUT2D eigenvalue weighted by Gasteiger charge is -2.33. The summed E-state index contributed by atoms with van der Waals surface area (Å²) in [4.78, 5) is 40.8. The van der Waals surface area contributed by atoms with Crippen LogP contribution in [0.4, 0.5) is 20.8 Å². The predicted molar refractivity (Wildman–Crippen MR) is 166 cm³/mol. The van der Waals surface area contributed by atoms with Gasteiger partial charge in [0.15, 0.2) is 11.6 Å². The Hall–Kier alpha value is -5.34. The van der Waals surface area contributed by atoms with E-state index in [1.807, 2.05) is 4.90 Å². The number of halogens is 1. The molecule has 17 heteroatoms. The Kier molecular flexibility index (Phi) is 8.52. The van der Waals surface area contributed by atoms with Gasteiger partial charge in [0.25, 0.3) is 5.56 Å². The Morgan fingerprint density at radius 2 is 1.78 bits per heavy atom. The normalized spacial score (nSPS) is 13.9. The molecule has 0 aliphatic carbocycles. The SMILES string of the molecule is CN(C(C)(C)C)S(=O)(=O)Nc1ccc(F)c(Oc2ccc3ncn(-c4cnc(N5CCN(C(=O)O)CC5)nc4)c(=O)c3c2)c1C#N. The van der Waals surface area contributed by atoms with E-state index < -0.39 is 44.5 Å². The lowest BCUT2D eigenvalue weighted by atomic mass is 10.1. The molecule has 1 fully saturated rings. The zero-order valence-electron chi connectivity index (χ0n) is 25.3. The molecular formula is C29H30FN9O6S. The number of nitrogens with one attached hydrogen (secondary N) is 1. The second kappa shape index (κ2) is 12.2. The standard InChI is InChI=1S/C29H30FN9O6S/c1-29(2,3)36(4)46(43,44)35-24-8-6-22(30)25(21(24)14-31)45-19-5-7-23-20(13-19)26(40)39(17-34-23)18-15-32-27(33-16-18)37-9-11-38(12-10-37)28(41)42/h5-8,13,15-17,35H,9-12H2,1-4H3,(H,41,42). The van der Waals surface area contributed by atoms with Crippen LogP contribution < -0.4 is 19.9 Å². The Morgan fingerprint density at radius 3 is 2.39 bits per heavy atom. The maximum Gasteiger partial charge on any atom is 0.407 e. The summed E-state index contributed by atoms with van der Waals surface area (Å²) >= 11 is 0. The summed E-state index contributed by atoms with van der Waals surface area (Å²) in [6, 6.07) is 8.16. The van der Waals surface area contributed by atoms with Gasteiger partial charge < -0.3 is 19.6 Å². The smallest absolute Gasteiger partial charge is 0.407 e. The molecule has 2 aromatic heterocycles. The molecule has 0 unspecified atom stereocenters. The lowest BCUT2D eigenvalue weighted by molar-refractivity contribution is 0.142. The number of piperazine rings is 1. The molecule has 15 nitrogen and oxygen atoms in total. The van der Waals surface area contributed by atoms with E-state index in [9.17, 15) is 27.7 Å². The van der Waals surface area contributed by atoms with Gasteiger partial charge in [-0.05, 0) is 51.1 Å². The third-order valence-corrected chi connectivity index (χ3v) is 9.20. The minimum atomic E-state index is -4.12. The van der Waals surface area contributed by atoms with Gasteiger partial charge in [0.2, 0.25) is 5.95 Å². The molecule has 1 saturated heterocycles. The highest BCUT2D eigenvalue weighted by molar-refractivity contribution is 7.90. The van der Waals surface area contributed by atoms with Crippen LogP contribution in [0.2, 0.25) is 0 Å². The van der Waals surface area contributed by atoms with Crippen LogP contribution in [0.5, 0.6) is 11.5 Å². The molecule has 1 aliphatic rings. The molecule has 1 amide bonds. The monoisotopic (exact) mass is 651 g/mol. The van der Waals surface area contributed by atoms with Crippen molar-refractivity contribution >= 4 is 38.8 Å². The number of rotatable bonds is 7. The Morgan fingerprint density at radius 1 is 1.11 bits per heavy atom. The molecule has 3 heterocycles. The molecule has 5 rings (SSSR count). The second-order valence-electron chi connectivity index (χ2n) is 11.4. The van der Waals surface area contributed by atoms with Crippen LogP contribution in [-0.2, 0) is 10.2 Å². The largest absolute Gasteiger partial charge is 0.465 e. The van der Waals surface area contributed by atoms with E-state index in [2.05, 4.69) is 19.7 Å². The molecule has 0 bridgehead atoms. The lowest BCUT2D eigenvalue weighted by Crippen LogP contribution is -2.48. The number of nitriles is 1. The van der Waals surface area contributed by atoms with Crippen LogP contribution in [-0.4, -0.2) is 87.1 Å². The number of anilines is 2. The summed E-state index contributed by atoms with van der Waals surface area (Å²) in [5, 5.41) is 19.1. The highest BCUT2D eigenvalue weighted by Crippen LogP contribution is 2.34. The van der Waals surface area contributed by atoms with Crippen LogP contribution in [0.25, 0.3) is 16.6 Å². The van der Waals surface area contributed by atoms with Gasteiger partial charge >= 0.3 is 16.3 Å². The van der Waals surface area contributed by atoms with Crippen molar-refractivity contribution < 1.29 is 27.4 Å². The number of ether oxygens (including phenoxy) is 1. The maximum absolute atomic E-state index is 15.0.